The highest BCUT2D eigenvalue weighted by atomic mass is 16.2. The molecular weight excluding hydrogens is 394 g/mol. The summed E-state index contributed by atoms with van der Waals surface area (Å²) >= 11 is 0. The minimum Gasteiger partial charge on any atom is -0.353 e. The minimum atomic E-state index is -0.343. The molecule has 3 aromatic heterocycles. The molecular formula is C21H23N9O. The van der Waals surface area contributed by atoms with E-state index in [-0.39, 0.29) is 11.9 Å². The van der Waals surface area contributed by atoms with Crippen LogP contribution in [0.25, 0.3) is 16.7 Å². The van der Waals surface area contributed by atoms with Gasteiger partial charge in [-0.05, 0) is 25.1 Å². The van der Waals surface area contributed by atoms with Gasteiger partial charge >= 0.3 is 0 Å². The Hall–Kier alpha value is -3.79. The number of hydrogen-bond donors (Lipinski definition) is 3. The third-order valence-corrected chi connectivity index (χ3v) is 5.39. The highest BCUT2D eigenvalue weighted by Gasteiger charge is 2.27. The number of carbonyl (C=O) groups excluding carboxylic acids is 1. The number of hydrogen-bond acceptors (Lipinski definition) is 7. The second kappa shape index (κ2) is 8.15. The molecule has 1 aliphatic rings. The molecule has 0 bridgehead atoms. The maximum atomic E-state index is 12.7. The molecule has 3 N–H and O–H groups in total. The van der Waals surface area contributed by atoms with E-state index in [9.17, 15) is 4.79 Å². The van der Waals surface area contributed by atoms with Gasteiger partial charge in [-0.1, -0.05) is 17.7 Å². The van der Waals surface area contributed by atoms with Gasteiger partial charge in [0.1, 0.15) is 18.2 Å². The van der Waals surface area contributed by atoms with Gasteiger partial charge in [0, 0.05) is 32.0 Å². The summed E-state index contributed by atoms with van der Waals surface area (Å²) in [7, 11) is 0. The number of nitrogens with one attached hydrogen (secondary N) is 3. The van der Waals surface area contributed by atoms with Crippen molar-refractivity contribution in [3.8, 4) is 5.69 Å². The number of H-pyrrole nitrogens is 1. The molecule has 5 rings (SSSR count). The molecule has 10 heteroatoms. The maximum Gasteiger partial charge on any atom is 0.239 e. The third-order valence-electron chi connectivity index (χ3n) is 5.39. The molecule has 1 saturated heterocycles. The Morgan fingerprint density at radius 1 is 1.23 bits per heavy atom. The van der Waals surface area contributed by atoms with Crippen molar-refractivity contribution in [2.75, 3.05) is 24.5 Å². The first kappa shape index (κ1) is 19.2. The summed E-state index contributed by atoms with van der Waals surface area (Å²) in [6, 6.07) is 9.65. The van der Waals surface area contributed by atoms with Crippen molar-refractivity contribution in [2.24, 2.45) is 0 Å². The molecule has 0 saturated carbocycles. The van der Waals surface area contributed by atoms with E-state index in [0.29, 0.717) is 25.3 Å². The van der Waals surface area contributed by atoms with E-state index < -0.39 is 0 Å². The monoisotopic (exact) mass is 417 g/mol. The lowest BCUT2D eigenvalue weighted by atomic mass is 10.2. The largest absolute Gasteiger partial charge is 0.353 e. The Balaban J connectivity index is 1.35. The van der Waals surface area contributed by atoms with Gasteiger partial charge in [0.25, 0.3) is 0 Å². The lowest BCUT2D eigenvalue weighted by molar-refractivity contribution is -0.123. The van der Waals surface area contributed by atoms with Crippen LogP contribution in [0.1, 0.15) is 11.3 Å². The molecule has 1 fully saturated rings. The molecule has 1 aromatic carbocycles. The Kier molecular flexibility index (Phi) is 5.04. The first-order chi connectivity index (χ1) is 15.2. The van der Waals surface area contributed by atoms with Crippen molar-refractivity contribution in [3.63, 3.8) is 0 Å². The summed E-state index contributed by atoms with van der Waals surface area (Å²) in [5, 5.41) is 18.5. The van der Waals surface area contributed by atoms with Crippen molar-refractivity contribution in [2.45, 2.75) is 19.5 Å². The fraction of sp³-hybridized carbons (Fsp3) is 0.286. The SMILES string of the molecule is Cc1ccc(-n2cc3c(N4CCNC(C(=O)NCc5cc[nH]n5)C4)ncnc3n2)cc1. The molecule has 0 aliphatic carbocycles. The van der Waals surface area contributed by atoms with Crippen molar-refractivity contribution < 1.29 is 4.79 Å². The summed E-state index contributed by atoms with van der Waals surface area (Å²) in [6.07, 6.45) is 5.21. The summed E-state index contributed by atoms with van der Waals surface area (Å²) in [4.78, 5) is 23.6. The van der Waals surface area contributed by atoms with E-state index in [4.69, 9.17) is 0 Å². The van der Waals surface area contributed by atoms with Crippen LogP contribution in [0.3, 0.4) is 0 Å². The number of fused-ring (bicyclic) bond motifs is 1. The fourth-order valence-corrected chi connectivity index (χ4v) is 3.72. The number of aryl methyl sites for hydroxylation is 1. The second-order valence-electron chi connectivity index (χ2n) is 7.58. The number of nitrogens with zero attached hydrogens (tertiary/aromatic N) is 6. The highest BCUT2D eigenvalue weighted by molar-refractivity contribution is 5.88. The summed E-state index contributed by atoms with van der Waals surface area (Å²) < 4.78 is 1.82. The average Bonchev–Trinajstić information content (AvgIpc) is 3.47. The van der Waals surface area contributed by atoms with Crippen LogP contribution in [-0.2, 0) is 11.3 Å². The van der Waals surface area contributed by atoms with E-state index in [2.05, 4.69) is 59.9 Å². The topological polar surface area (TPSA) is 117 Å². The first-order valence-corrected chi connectivity index (χ1v) is 10.2. The summed E-state index contributed by atoms with van der Waals surface area (Å²) in [5.74, 6) is 0.725. The zero-order chi connectivity index (χ0) is 21.2. The van der Waals surface area contributed by atoms with Crippen LogP contribution < -0.4 is 15.5 Å². The van der Waals surface area contributed by atoms with Crippen LogP contribution >= 0.6 is 0 Å². The number of piperazine rings is 1. The number of aromatic nitrogens is 6. The molecule has 1 aliphatic heterocycles. The summed E-state index contributed by atoms with van der Waals surface area (Å²) in [6.45, 7) is 4.37. The zero-order valence-electron chi connectivity index (χ0n) is 17.1. The lowest BCUT2D eigenvalue weighted by Gasteiger charge is -2.33. The normalized spacial score (nSPS) is 16.5. The van der Waals surface area contributed by atoms with Crippen LogP contribution in [0.5, 0.6) is 0 Å². The third kappa shape index (κ3) is 3.97. The molecule has 158 valence electrons. The molecule has 10 nitrogen and oxygen atoms in total. The van der Waals surface area contributed by atoms with E-state index in [1.165, 1.54) is 11.9 Å². The van der Waals surface area contributed by atoms with Crippen molar-refractivity contribution in [3.05, 3.63) is 60.3 Å². The molecule has 31 heavy (non-hydrogen) atoms. The smallest absolute Gasteiger partial charge is 0.239 e. The Bertz CT molecular complexity index is 1180. The lowest BCUT2D eigenvalue weighted by Crippen LogP contribution is -2.57. The molecule has 0 spiro atoms. The summed E-state index contributed by atoms with van der Waals surface area (Å²) in [5.41, 5.74) is 3.58. The van der Waals surface area contributed by atoms with Crippen LogP contribution in [0.4, 0.5) is 5.82 Å². The minimum absolute atomic E-state index is 0.0617. The van der Waals surface area contributed by atoms with Gasteiger partial charge in [-0.25, -0.2) is 14.6 Å². The number of amides is 1. The van der Waals surface area contributed by atoms with Gasteiger partial charge < -0.3 is 15.5 Å². The van der Waals surface area contributed by atoms with Crippen molar-refractivity contribution in [1.82, 2.24) is 40.6 Å². The molecule has 1 amide bonds. The van der Waals surface area contributed by atoms with E-state index in [1.807, 2.05) is 29.1 Å². The number of anilines is 1. The number of carbonyl (C=O) groups is 1. The molecule has 4 aromatic rings. The number of rotatable bonds is 5. The average molecular weight is 417 g/mol. The van der Waals surface area contributed by atoms with Gasteiger partial charge in [-0.3, -0.25) is 9.89 Å². The number of benzene rings is 1. The van der Waals surface area contributed by atoms with Crippen molar-refractivity contribution in [1.29, 1.82) is 0 Å². The van der Waals surface area contributed by atoms with Gasteiger partial charge in [-0.15, -0.1) is 5.10 Å². The number of aromatic amines is 1. The maximum absolute atomic E-state index is 12.7. The van der Waals surface area contributed by atoms with Gasteiger partial charge in [0.05, 0.1) is 23.3 Å². The van der Waals surface area contributed by atoms with Gasteiger partial charge in [0.2, 0.25) is 5.91 Å². The van der Waals surface area contributed by atoms with Crippen molar-refractivity contribution >= 4 is 22.8 Å². The second-order valence-corrected chi connectivity index (χ2v) is 7.58. The Morgan fingerprint density at radius 2 is 2.10 bits per heavy atom. The standard InChI is InChI=1S/C21H23N9O/c1-14-2-4-16(5-3-14)30-11-17-19(28-30)24-13-25-20(17)29-9-8-22-18(12-29)21(31)23-10-15-6-7-26-27-15/h2-7,11,13,18,22H,8-10,12H2,1H3,(H,23,31)(H,26,27). The first-order valence-electron chi connectivity index (χ1n) is 10.2. The highest BCUT2D eigenvalue weighted by Crippen LogP contribution is 2.24. The van der Waals surface area contributed by atoms with E-state index in [1.54, 1.807) is 6.20 Å². The van der Waals surface area contributed by atoms with Gasteiger partial charge in [-0.2, -0.15) is 5.10 Å². The predicted octanol–water partition coefficient (Wildman–Crippen LogP) is 0.942. The fourth-order valence-electron chi connectivity index (χ4n) is 3.72. The Labute approximate surface area is 178 Å². The molecule has 1 atom stereocenters. The Morgan fingerprint density at radius 3 is 2.90 bits per heavy atom. The predicted molar refractivity (Wildman–Crippen MR) is 116 cm³/mol. The van der Waals surface area contributed by atoms with E-state index in [0.717, 1.165) is 29.1 Å². The molecule has 1 unspecified atom stereocenters. The quantitative estimate of drug-likeness (QED) is 0.442. The van der Waals surface area contributed by atoms with Crippen LogP contribution in [0.2, 0.25) is 0 Å². The van der Waals surface area contributed by atoms with Gasteiger partial charge in [0.15, 0.2) is 5.65 Å². The molecule has 4 heterocycles. The van der Waals surface area contributed by atoms with Crippen LogP contribution in [0, 0.1) is 6.92 Å². The van der Waals surface area contributed by atoms with E-state index >= 15 is 0 Å². The zero-order valence-corrected chi connectivity index (χ0v) is 17.1. The van der Waals surface area contributed by atoms with Crippen LogP contribution in [0.15, 0.2) is 49.1 Å². The molecule has 0 radical (unpaired) electrons. The van der Waals surface area contributed by atoms with Crippen LogP contribution in [-0.4, -0.2) is 61.5 Å².